The number of amides is 1. The van der Waals surface area contributed by atoms with Gasteiger partial charge in [0.25, 0.3) is 0 Å². The normalized spacial score (nSPS) is 12.4. The summed E-state index contributed by atoms with van der Waals surface area (Å²) in [6.45, 7) is 0. The van der Waals surface area contributed by atoms with Crippen LogP contribution in [-0.4, -0.2) is 12.2 Å². The minimum atomic E-state index is -0.284. The van der Waals surface area contributed by atoms with E-state index in [4.69, 9.17) is 5.73 Å². The molecule has 0 aromatic heterocycles. The van der Waals surface area contributed by atoms with Gasteiger partial charge in [0.05, 0.1) is 0 Å². The summed E-state index contributed by atoms with van der Waals surface area (Å²) in [5.41, 5.74) is 6.19. The predicted octanol–water partition coefficient (Wildman–Crippen LogP) is 1.58. The van der Waals surface area contributed by atoms with Crippen LogP contribution in [0, 0.1) is 0 Å². The molecule has 1 aromatic rings. The number of nitrogens with two attached hydrogens (primary N) is 1. The first kappa shape index (κ1) is 9.13. The highest BCUT2D eigenvalue weighted by atomic mass is 32.2. The van der Waals surface area contributed by atoms with Gasteiger partial charge in [-0.05, 0) is 11.8 Å². The maximum absolute atomic E-state index is 10.9. The summed E-state index contributed by atoms with van der Waals surface area (Å²) in [6.07, 6.45) is 1.88. The molecule has 0 aliphatic heterocycles. The Hall–Kier alpha value is -0.960. The van der Waals surface area contributed by atoms with E-state index < -0.39 is 0 Å². The summed E-state index contributed by atoms with van der Waals surface area (Å²) in [4.78, 5) is 10.9. The van der Waals surface area contributed by atoms with Gasteiger partial charge in [0.1, 0.15) is 5.25 Å². The second-order valence-corrected chi connectivity index (χ2v) is 3.37. The van der Waals surface area contributed by atoms with Gasteiger partial charge in [-0.3, -0.25) is 4.79 Å². The van der Waals surface area contributed by atoms with Gasteiger partial charge >= 0.3 is 0 Å². The molecule has 1 atom stereocenters. The number of benzene rings is 1. The molecule has 1 rings (SSSR count). The number of hydrogen-bond donors (Lipinski definition) is 1. The molecular weight excluding hydrogens is 170 g/mol. The molecule has 0 radical (unpaired) electrons. The van der Waals surface area contributed by atoms with Crippen LogP contribution in [0.3, 0.4) is 0 Å². The lowest BCUT2D eigenvalue weighted by Crippen LogP contribution is -2.18. The molecule has 0 saturated heterocycles. The second kappa shape index (κ2) is 4.16. The molecule has 0 spiro atoms. The standard InChI is InChI=1S/C9H11NOS/c1-12-8(9(10)11)7-5-3-2-4-6-7/h2-6,8H,1H3,(H2,10,11)/t8-/m1/s1. The first-order valence-corrected chi connectivity index (χ1v) is 4.91. The van der Waals surface area contributed by atoms with Crippen LogP contribution >= 0.6 is 11.8 Å². The average Bonchev–Trinajstić information content (AvgIpc) is 2.07. The van der Waals surface area contributed by atoms with E-state index in [1.165, 1.54) is 11.8 Å². The summed E-state index contributed by atoms with van der Waals surface area (Å²) in [5, 5.41) is -0.216. The Balaban J connectivity index is 2.88. The van der Waals surface area contributed by atoms with Crippen molar-refractivity contribution in [2.45, 2.75) is 5.25 Å². The van der Waals surface area contributed by atoms with Crippen molar-refractivity contribution < 1.29 is 4.79 Å². The first-order valence-electron chi connectivity index (χ1n) is 3.62. The van der Waals surface area contributed by atoms with Gasteiger partial charge < -0.3 is 5.73 Å². The van der Waals surface area contributed by atoms with Crippen molar-refractivity contribution in [1.82, 2.24) is 0 Å². The zero-order chi connectivity index (χ0) is 8.97. The van der Waals surface area contributed by atoms with Gasteiger partial charge in [0.15, 0.2) is 0 Å². The Morgan fingerprint density at radius 3 is 2.42 bits per heavy atom. The van der Waals surface area contributed by atoms with Crippen LogP contribution in [0.25, 0.3) is 0 Å². The smallest absolute Gasteiger partial charge is 0.235 e. The lowest BCUT2D eigenvalue weighted by Gasteiger charge is -2.09. The molecule has 0 unspecified atom stereocenters. The van der Waals surface area contributed by atoms with E-state index >= 15 is 0 Å². The third-order valence-electron chi connectivity index (χ3n) is 1.60. The number of carbonyl (C=O) groups is 1. The number of hydrogen-bond acceptors (Lipinski definition) is 2. The quantitative estimate of drug-likeness (QED) is 0.769. The minimum absolute atomic E-state index is 0.216. The maximum Gasteiger partial charge on any atom is 0.235 e. The fourth-order valence-electron chi connectivity index (χ4n) is 1.04. The summed E-state index contributed by atoms with van der Waals surface area (Å²) in [5.74, 6) is -0.284. The molecule has 1 aromatic carbocycles. The maximum atomic E-state index is 10.9. The Bertz CT molecular complexity index is 260. The molecule has 0 fully saturated rings. The molecule has 64 valence electrons. The van der Waals surface area contributed by atoms with Crippen LogP contribution in [0.5, 0.6) is 0 Å². The van der Waals surface area contributed by atoms with Crippen molar-refractivity contribution in [3.8, 4) is 0 Å². The van der Waals surface area contributed by atoms with E-state index in [1.807, 2.05) is 36.6 Å². The van der Waals surface area contributed by atoms with Crippen LogP contribution < -0.4 is 5.73 Å². The molecule has 0 heterocycles. The van der Waals surface area contributed by atoms with Crippen LogP contribution in [0.2, 0.25) is 0 Å². The fourth-order valence-corrected chi connectivity index (χ4v) is 1.71. The Kier molecular flexibility index (Phi) is 3.17. The molecule has 0 saturated carbocycles. The SMILES string of the molecule is CS[C@@H](C(N)=O)c1ccccc1. The van der Waals surface area contributed by atoms with E-state index in [2.05, 4.69) is 0 Å². The lowest BCUT2D eigenvalue weighted by atomic mass is 10.1. The molecule has 0 aliphatic rings. The van der Waals surface area contributed by atoms with Gasteiger partial charge in [-0.2, -0.15) is 0 Å². The molecule has 0 bridgehead atoms. The third-order valence-corrected chi connectivity index (χ3v) is 2.57. The van der Waals surface area contributed by atoms with Gasteiger partial charge in [-0.1, -0.05) is 30.3 Å². The highest BCUT2D eigenvalue weighted by molar-refractivity contribution is 7.99. The number of primary amides is 1. The zero-order valence-electron chi connectivity index (χ0n) is 6.86. The molecule has 3 heteroatoms. The topological polar surface area (TPSA) is 43.1 Å². The van der Waals surface area contributed by atoms with Crippen LogP contribution in [0.15, 0.2) is 30.3 Å². The molecule has 0 aliphatic carbocycles. The number of carbonyl (C=O) groups excluding carboxylic acids is 1. The van der Waals surface area contributed by atoms with Crippen molar-refractivity contribution in [2.75, 3.05) is 6.26 Å². The Morgan fingerprint density at radius 2 is 2.00 bits per heavy atom. The Labute approximate surface area is 76.2 Å². The fraction of sp³-hybridized carbons (Fsp3) is 0.222. The van der Waals surface area contributed by atoms with Crippen LogP contribution in [0.1, 0.15) is 10.8 Å². The molecule has 2 nitrogen and oxygen atoms in total. The summed E-state index contributed by atoms with van der Waals surface area (Å²) >= 11 is 1.46. The van der Waals surface area contributed by atoms with Crippen LogP contribution in [-0.2, 0) is 4.79 Å². The number of thioether (sulfide) groups is 1. The van der Waals surface area contributed by atoms with Gasteiger partial charge in [-0.15, -0.1) is 11.8 Å². The van der Waals surface area contributed by atoms with Gasteiger partial charge in [0.2, 0.25) is 5.91 Å². The monoisotopic (exact) mass is 181 g/mol. The third kappa shape index (κ3) is 2.01. The summed E-state index contributed by atoms with van der Waals surface area (Å²) in [6, 6.07) is 9.54. The average molecular weight is 181 g/mol. The summed E-state index contributed by atoms with van der Waals surface area (Å²) < 4.78 is 0. The first-order chi connectivity index (χ1) is 5.75. The second-order valence-electron chi connectivity index (χ2n) is 2.43. The van der Waals surface area contributed by atoms with E-state index in [1.54, 1.807) is 0 Å². The minimum Gasteiger partial charge on any atom is -0.368 e. The van der Waals surface area contributed by atoms with E-state index in [0.29, 0.717) is 0 Å². The largest absolute Gasteiger partial charge is 0.368 e. The molecular formula is C9H11NOS. The van der Waals surface area contributed by atoms with Gasteiger partial charge in [0, 0.05) is 0 Å². The highest BCUT2D eigenvalue weighted by Crippen LogP contribution is 2.25. The molecule has 12 heavy (non-hydrogen) atoms. The summed E-state index contributed by atoms with van der Waals surface area (Å²) in [7, 11) is 0. The van der Waals surface area contributed by atoms with E-state index in [0.717, 1.165) is 5.56 Å². The molecule has 1 amide bonds. The van der Waals surface area contributed by atoms with Gasteiger partial charge in [-0.25, -0.2) is 0 Å². The lowest BCUT2D eigenvalue weighted by molar-refractivity contribution is -0.117. The van der Waals surface area contributed by atoms with Crippen molar-refractivity contribution >= 4 is 17.7 Å². The molecule has 2 N–H and O–H groups in total. The van der Waals surface area contributed by atoms with Crippen molar-refractivity contribution in [3.63, 3.8) is 0 Å². The van der Waals surface area contributed by atoms with Crippen molar-refractivity contribution in [2.24, 2.45) is 5.73 Å². The van der Waals surface area contributed by atoms with Crippen LogP contribution in [0.4, 0.5) is 0 Å². The highest BCUT2D eigenvalue weighted by Gasteiger charge is 2.14. The zero-order valence-corrected chi connectivity index (χ0v) is 7.67. The van der Waals surface area contributed by atoms with Crippen molar-refractivity contribution in [1.29, 1.82) is 0 Å². The van der Waals surface area contributed by atoms with Crippen molar-refractivity contribution in [3.05, 3.63) is 35.9 Å². The number of rotatable bonds is 3. The van der Waals surface area contributed by atoms with E-state index in [-0.39, 0.29) is 11.2 Å². The predicted molar refractivity (Wildman–Crippen MR) is 51.9 cm³/mol. The van der Waals surface area contributed by atoms with E-state index in [9.17, 15) is 4.79 Å². The Morgan fingerprint density at radius 1 is 1.42 bits per heavy atom.